The van der Waals surface area contributed by atoms with E-state index in [1.807, 2.05) is 10.9 Å². The third-order valence-electron chi connectivity index (χ3n) is 2.20. The molecule has 0 radical (unpaired) electrons. The molecule has 3 N–H and O–H groups in total. The van der Waals surface area contributed by atoms with E-state index in [1.165, 1.54) is 12.1 Å². The fourth-order valence-electron chi connectivity index (χ4n) is 1.20. The molecule has 0 spiro atoms. The average Bonchev–Trinajstić information content (AvgIpc) is 2.41. The maximum absolute atomic E-state index is 12.3. The molecule has 0 atom stereocenters. The highest BCUT2D eigenvalue weighted by Gasteiger charge is 2.29. The van der Waals surface area contributed by atoms with Crippen LogP contribution in [-0.2, 0) is 17.5 Å². The highest BCUT2D eigenvalue weighted by atomic mass is 19.4. The van der Waals surface area contributed by atoms with Crippen molar-refractivity contribution < 1.29 is 27.5 Å². The second kappa shape index (κ2) is 6.64. The number of urea groups is 1. The smallest absolute Gasteiger partial charge is 0.425 e. The second-order valence-electron chi connectivity index (χ2n) is 3.62. The third kappa shape index (κ3) is 5.04. The van der Waals surface area contributed by atoms with Crippen LogP contribution in [-0.4, -0.2) is 19.2 Å². The molecule has 0 aliphatic carbocycles. The molecule has 110 valence electrons. The molecule has 1 aromatic rings. The van der Waals surface area contributed by atoms with Crippen molar-refractivity contribution in [1.29, 1.82) is 0 Å². The molecule has 6 nitrogen and oxygen atoms in total. The molecule has 0 aliphatic rings. The summed E-state index contributed by atoms with van der Waals surface area (Å²) in [5.41, 5.74) is 3.62. The number of alkyl halides is 3. The van der Waals surface area contributed by atoms with E-state index in [-0.39, 0.29) is 6.54 Å². The maximum Gasteiger partial charge on any atom is 0.425 e. The number of rotatable bonds is 2. The van der Waals surface area contributed by atoms with Gasteiger partial charge in [-0.2, -0.15) is 13.2 Å². The number of ether oxygens (including phenoxy) is 1. The summed E-state index contributed by atoms with van der Waals surface area (Å²) in [7, 11) is 1.12. The molecular weight excluding hydrogens is 279 g/mol. The van der Waals surface area contributed by atoms with Crippen molar-refractivity contribution in [2.45, 2.75) is 12.7 Å². The second-order valence-corrected chi connectivity index (χ2v) is 3.62. The van der Waals surface area contributed by atoms with Gasteiger partial charge in [-0.3, -0.25) is 0 Å². The summed E-state index contributed by atoms with van der Waals surface area (Å²) >= 11 is 0. The van der Waals surface area contributed by atoms with Crippen LogP contribution in [0.4, 0.5) is 22.8 Å². The Labute approximate surface area is 112 Å². The van der Waals surface area contributed by atoms with Crippen LogP contribution in [0, 0.1) is 0 Å². The lowest BCUT2D eigenvalue weighted by Gasteiger charge is -2.09. The number of carbonyl (C=O) groups is 2. The zero-order valence-corrected chi connectivity index (χ0v) is 10.4. The quantitative estimate of drug-likeness (QED) is 0.727. The molecule has 1 rings (SSSR count). The molecule has 3 amide bonds. The molecule has 0 saturated carbocycles. The van der Waals surface area contributed by atoms with Crippen LogP contribution in [0.2, 0.25) is 0 Å². The number of hydrogen-bond acceptors (Lipinski definition) is 3. The summed E-state index contributed by atoms with van der Waals surface area (Å²) in [4.78, 5) is 21.8. The number of hydrazine groups is 1. The van der Waals surface area contributed by atoms with Crippen molar-refractivity contribution in [3.63, 3.8) is 0 Å². The van der Waals surface area contributed by atoms with Gasteiger partial charge >= 0.3 is 18.3 Å². The minimum absolute atomic E-state index is 0.00677. The van der Waals surface area contributed by atoms with Gasteiger partial charge in [0.15, 0.2) is 0 Å². The van der Waals surface area contributed by atoms with E-state index in [2.05, 4.69) is 10.1 Å². The zero-order valence-electron chi connectivity index (χ0n) is 10.4. The fraction of sp³-hybridized carbons (Fsp3) is 0.273. The van der Waals surface area contributed by atoms with Crippen LogP contribution in [0.3, 0.4) is 0 Å². The van der Waals surface area contributed by atoms with Crippen LogP contribution in [0.15, 0.2) is 24.3 Å². The summed E-state index contributed by atoms with van der Waals surface area (Å²) in [6, 6.07) is 3.60. The topological polar surface area (TPSA) is 79.5 Å². The minimum Gasteiger partial charge on any atom is -0.452 e. The number of halogens is 3. The van der Waals surface area contributed by atoms with Gasteiger partial charge < -0.3 is 10.1 Å². The first kappa shape index (κ1) is 15.6. The van der Waals surface area contributed by atoms with Gasteiger partial charge in [-0.15, -0.1) is 0 Å². The lowest BCUT2D eigenvalue weighted by atomic mass is 10.1. The largest absolute Gasteiger partial charge is 0.452 e. The van der Waals surface area contributed by atoms with Crippen molar-refractivity contribution in [3.05, 3.63) is 35.4 Å². The Morgan fingerprint density at radius 2 is 1.75 bits per heavy atom. The molecular formula is C11H12F3N3O3. The highest BCUT2D eigenvalue weighted by molar-refractivity contribution is 5.77. The van der Waals surface area contributed by atoms with Crippen molar-refractivity contribution in [2.75, 3.05) is 7.11 Å². The summed E-state index contributed by atoms with van der Waals surface area (Å²) < 4.78 is 41.1. The number of benzene rings is 1. The molecule has 9 heteroatoms. The van der Waals surface area contributed by atoms with Gasteiger partial charge in [0.1, 0.15) is 0 Å². The van der Waals surface area contributed by atoms with Crippen molar-refractivity contribution in [2.24, 2.45) is 0 Å². The molecule has 20 heavy (non-hydrogen) atoms. The lowest BCUT2D eigenvalue weighted by molar-refractivity contribution is -0.137. The van der Waals surface area contributed by atoms with Crippen LogP contribution >= 0.6 is 0 Å². The molecule has 1 aromatic carbocycles. The van der Waals surface area contributed by atoms with E-state index in [0.29, 0.717) is 5.56 Å². The van der Waals surface area contributed by atoms with Crippen molar-refractivity contribution in [3.8, 4) is 0 Å². The summed E-state index contributed by atoms with van der Waals surface area (Å²) in [6.07, 6.45) is -5.25. The van der Waals surface area contributed by atoms with Gasteiger partial charge in [-0.05, 0) is 17.7 Å². The molecule has 0 fully saturated rings. The Morgan fingerprint density at radius 1 is 1.15 bits per heavy atom. The van der Waals surface area contributed by atoms with Crippen LogP contribution in [0.5, 0.6) is 0 Å². The standard InChI is InChI=1S/C11H12F3N3O3/c1-20-10(19)17-16-9(18)15-6-7-2-4-8(5-3-7)11(12,13)14/h2-5H,6H2,1H3,(H,17,19)(H2,15,16,18). The number of carbonyl (C=O) groups excluding carboxylic acids is 2. The minimum atomic E-state index is -4.40. The molecule has 0 saturated heterocycles. The fourth-order valence-corrected chi connectivity index (χ4v) is 1.20. The van der Waals surface area contributed by atoms with Gasteiger partial charge in [0.25, 0.3) is 0 Å². The van der Waals surface area contributed by atoms with Gasteiger partial charge in [0, 0.05) is 6.54 Å². The molecule has 0 aromatic heterocycles. The van der Waals surface area contributed by atoms with E-state index in [4.69, 9.17) is 0 Å². The van der Waals surface area contributed by atoms with Crippen LogP contribution < -0.4 is 16.2 Å². The Hall–Kier alpha value is -2.45. The first-order chi connectivity index (χ1) is 9.32. The first-order valence-corrected chi connectivity index (χ1v) is 5.37. The van der Waals surface area contributed by atoms with Gasteiger partial charge in [0.2, 0.25) is 0 Å². The van der Waals surface area contributed by atoms with Crippen molar-refractivity contribution >= 4 is 12.1 Å². The monoisotopic (exact) mass is 291 g/mol. The van der Waals surface area contributed by atoms with E-state index in [1.54, 1.807) is 0 Å². The third-order valence-corrected chi connectivity index (χ3v) is 2.20. The van der Waals surface area contributed by atoms with Gasteiger partial charge in [-0.1, -0.05) is 12.1 Å². The molecule has 0 heterocycles. The maximum atomic E-state index is 12.3. The van der Waals surface area contributed by atoms with E-state index < -0.39 is 23.9 Å². The van der Waals surface area contributed by atoms with Crippen LogP contribution in [0.25, 0.3) is 0 Å². The lowest BCUT2D eigenvalue weighted by Crippen LogP contribution is -2.46. The van der Waals surface area contributed by atoms with Crippen molar-refractivity contribution in [1.82, 2.24) is 16.2 Å². The van der Waals surface area contributed by atoms with E-state index >= 15 is 0 Å². The summed E-state index contributed by atoms with van der Waals surface area (Å²) in [6.45, 7) is 0.00677. The number of methoxy groups -OCH3 is 1. The predicted octanol–water partition coefficient (Wildman–Crippen LogP) is 1.78. The zero-order chi connectivity index (χ0) is 15.2. The number of amides is 3. The van der Waals surface area contributed by atoms with Gasteiger partial charge in [0.05, 0.1) is 12.7 Å². The SMILES string of the molecule is COC(=O)NNC(=O)NCc1ccc(C(F)(F)F)cc1. The Morgan fingerprint density at radius 3 is 2.25 bits per heavy atom. The predicted molar refractivity (Wildman–Crippen MR) is 62.4 cm³/mol. The van der Waals surface area contributed by atoms with E-state index in [0.717, 1.165) is 19.2 Å². The molecule has 0 aliphatic heterocycles. The highest BCUT2D eigenvalue weighted by Crippen LogP contribution is 2.28. The average molecular weight is 291 g/mol. The normalized spacial score (nSPS) is 10.6. The van der Waals surface area contributed by atoms with Gasteiger partial charge in [-0.25, -0.2) is 20.4 Å². The number of hydrogen-bond donors (Lipinski definition) is 3. The summed E-state index contributed by atoms with van der Waals surface area (Å²) in [5, 5.41) is 2.34. The molecule has 0 bridgehead atoms. The Bertz CT molecular complexity index is 474. The van der Waals surface area contributed by atoms with Crippen LogP contribution in [0.1, 0.15) is 11.1 Å². The molecule has 0 unspecified atom stereocenters. The number of nitrogens with one attached hydrogen (secondary N) is 3. The Kier molecular flexibility index (Phi) is 5.18. The summed E-state index contributed by atoms with van der Waals surface area (Å²) in [5.74, 6) is 0. The first-order valence-electron chi connectivity index (χ1n) is 5.37. The Balaban J connectivity index is 2.42. The van der Waals surface area contributed by atoms with E-state index in [9.17, 15) is 22.8 Å².